The van der Waals surface area contributed by atoms with Gasteiger partial charge in [-0.3, -0.25) is 0 Å². The number of rotatable bonds is 8. The van der Waals surface area contributed by atoms with Crippen LogP contribution in [-0.4, -0.2) is 38.4 Å². The van der Waals surface area contributed by atoms with Gasteiger partial charge in [-0.25, -0.2) is 8.42 Å². The summed E-state index contributed by atoms with van der Waals surface area (Å²) in [5, 5.41) is 2.97. The first kappa shape index (κ1) is 14.3. The lowest BCUT2D eigenvalue weighted by molar-refractivity contribution is 0.452. The van der Waals surface area contributed by atoms with E-state index >= 15 is 0 Å². The van der Waals surface area contributed by atoms with E-state index in [2.05, 4.69) is 5.32 Å². The Morgan fingerprint density at radius 1 is 1.38 bits per heavy atom. The highest BCUT2D eigenvalue weighted by atomic mass is 35.5. The molecule has 1 aliphatic rings. The van der Waals surface area contributed by atoms with Crippen molar-refractivity contribution >= 4 is 21.4 Å². The van der Waals surface area contributed by atoms with Crippen molar-refractivity contribution in [1.29, 1.82) is 0 Å². The summed E-state index contributed by atoms with van der Waals surface area (Å²) < 4.78 is 23.1. The molecule has 3 nitrogen and oxygen atoms in total. The molecule has 0 saturated heterocycles. The van der Waals surface area contributed by atoms with Crippen LogP contribution < -0.4 is 5.32 Å². The summed E-state index contributed by atoms with van der Waals surface area (Å²) in [7, 11) is -2.90. The summed E-state index contributed by atoms with van der Waals surface area (Å²) in [5.41, 5.74) is 0.378. The van der Waals surface area contributed by atoms with Gasteiger partial charge >= 0.3 is 0 Å². The van der Waals surface area contributed by atoms with Gasteiger partial charge in [-0.15, -0.1) is 11.6 Å². The van der Waals surface area contributed by atoms with Crippen molar-refractivity contribution in [3.8, 4) is 0 Å². The minimum atomic E-state index is -2.90. The van der Waals surface area contributed by atoms with Crippen molar-refractivity contribution < 1.29 is 8.42 Å². The van der Waals surface area contributed by atoms with Crippen molar-refractivity contribution in [1.82, 2.24) is 5.32 Å². The van der Waals surface area contributed by atoms with Crippen molar-refractivity contribution in [2.75, 3.05) is 24.7 Å². The molecule has 0 radical (unpaired) electrons. The summed E-state index contributed by atoms with van der Waals surface area (Å²) in [6.07, 6.45) is 3.49. The molecule has 1 fully saturated rings. The normalized spacial score (nSPS) is 19.0. The molecule has 0 bridgehead atoms. The molecule has 96 valence electrons. The average Bonchev–Trinajstić information content (AvgIpc) is 2.94. The zero-order valence-corrected chi connectivity index (χ0v) is 11.7. The van der Waals surface area contributed by atoms with Crippen molar-refractivity contribution in [2.24, 2.45) is 5.41 Å². The monoisotopic (exact) mass is 267 g/mol. The lowest BCUT2D eigenvalue weighted by Crippen LogP contribution is -2.31. The van der Waals surface area contributed by atoms with Crippen LogP contribution in [0.4, 0.5) is 0 Å². The van der Waals surface area contributed by atoms with Gasteiger partial charge in [0, 0.05) is 19.0 Å². The third kappa shape index (κ3) is 4.22. The van der Waals surface area contributed by atoms with Crippen LogP contribution in [0.3, 0.4) is 0 Å². The molecule has 0 aromatic rings. The van der Waals surface area contributed by atoms with E-state index in [4.69, 9.17) is 11.6 Å². The molecule has 0 aromatic carbocycles. The minimum absolute atomic E-state index is 0.238. The standard InChI is InChI=1S/C11H22ClNO2S/c1-10(2)16(14,15)8-7-13-9-11(3-4-11)5-6-12/h10,13H,3-9H2,1-2H3. The predicted molar refractivity (Wildman–Crippen MR) is 68.8 cm³/mol. The Bertz CT molecular complexity index is 310. The first-order chi connectivity index (χ1) is 7.42. The van der Waals surface area contributed by atoms with E-state index in [1.807, 2.05) is 0 Å². The highest BCUT2D eigenvalue weighted by molar-refractivity contribution is 7.92. The second kappa shape index (κ2) is 5.69. The molecule has 16 heavy (non-hydrogen) atoms. The Hall–Kier alpha value is 0.200. The van der Waals surface area contributed by atoms with Crippen LogP contribution in [-0.2, 0) is 9.84 Å². The van der Waals surface area contributed by atoms with Gasteiger partial charge in [0.05, 0.1) is 11.0 Å². The molecule has 0 aliphatic heterocycles. The number of sulfone groups is 1. The molecule has 0 spiro atoms. The van der Waals surface area contributed by atoms with E-state index in [1.165, 1.54) is 12.8 Å². The molecule has 5 heteroatoms. The lowest BCUT2D eigenvalue weighted by Gasteiger charge is -2.15. The Kier molecular flexibility index (Phi) is 5.08. The Balaban J connectivity index is 2.18. The SMILES string of the molecule is CC(C)S(=O)(=O)CCNCC1(CCCl)CC1. The second-order valence-corrected chi connectivity index (χ2v) is 8.09. The quantitative estimate of drug-likeness (QED) is 0.539. The van der Waals surface area contributed by atoms with Gasteiger partial charge in [0.15, 0.2) is 9.84 Å². The largest absolute Gasteiger partial charge is 0.315 e. The molecule has 0 amide bonds. The Morgan fingerprint density at radius 2 is 2.00 bits per heavy atom. The molecule has 1 N–H and O–H groups in total. The molecular weight excluding hydrogens is 246 g/mol. The Morgan fingerprint density at radius 3 is 2.44 bits per heavy atom. The number of nitrogens with one attached hydrogen (secondary N) is 1. The van der Waals surface area contributed by atoms with Gasteiger partial charge in [0.25, 0.3) is 0 Å². The summed E-state index contributed by atoms with van der Waals surface area (Å²) in [6.45, 7) is 4.92. The fourth-order valence-corrected chi connectivity index (χ4v) is 3.00. The number of hydrogen-bond acceptors (Lipinski definition) is 3. The molecule has 0 heterocycles. The van der Waals surface area contributed by atoms with Gasteiger partial charge in [0.2, 0.25) is 0 Å². The van der Waals surface area contributed by atoms with Crippen LogP contribution in [0.25, 0.3) is 0 Å². The van der Waals surface area contributed by atoms with E-state index in [0.29, 0.717) is 17.8 Å². The molecule has 1 rings (SSSR count). The molecular formula is C11H22ClNO2S. The predicted octanol–water partition coefficient (Wildman–Crippen LogP) is 1.81. The maximum absolute atomic E-state index is 11.5. The fourth-order valence-electron chi connectivity index (χ4n) is 1.70. The summed E-state index contributed by atoms with van der Waals surface area (Å²) in [5.74, 6) is 0.938. The van der Waals surface area contributed by atoms with Gasteiger partial charge in [-0.2, -0.15) is 0 Å². The van der Waals surface area contributed by atoms with Crippen LogP contribution in [0.2, 0.25) is 0 Å². The lowest BCUT2D eigenvalue weighted by atomic mass is 10.0. The van der Waals surface area contributed by atoms with Crippen molar-refractivity contribution in [3.05, 3.63) is 0 Å². The third-order valence-electron chi connectivity index (χ3n) is 3.36. The zero-order valence-electron chi connectivity index (χ0n) is 10.1. The number of hydrogen-bond donors (Lipinski definition) is 1. The molecule has 1 saturated carbocycles. The van der Waals surface area contributed by atoms with Crippen LogP contribution in [0.15, 0.2) is 0 Å². The maximum Gasteiger partial charge on any atom is 0.153 e. The summed E-state index contributed by atoms with van der Waals surface area (Å²) in [6, 6.07) is 0. The minimum Gasteiger partial charge on any atom is -0.315 e. The van der Waals surface area contributed by atoms with E-state index < -0.39 is 9.84 Å². The fraction of sp³-hybridized carbons (Fsp3) is 1.00. The van der Waals surface area contributed by atoms with Gasteiger partial charge in [0.1, 0.15) is 0 Å². The smallest absolute Gasteiger partial charge is 0.153 e. The van der Waals surface area contributed by atoms with E-state index in [0.717, 1.165) is 13.0 Å². The van der Waals surface area contributed by atoms with Crippen LogP contribution >= 0.6 is 11.6 Å². The topological polar surface area (TPSA) is 46.2 Å². The van der Waals surface area contributed by atoms with Crippen LogP contribution in [0.5, 0.6) is 0 Å². The highest BCUT2D eigenvalue weighted by Crippen LogP contribution is 2.48. The van der Waals surface area contributed by atoms with Crippen molar-refractivity contribution in [2.45, 2.75) is 38.4 Å². The highest BCUT2D eigenvalue weighted by Gasteiger charge is 2.41. The van der Waals surface area contributed by atoms with E-state index in [-0.39, 0.29) is 11.0 Å². The van der Waals surface area contributed by atoms with Gasteiger partial charge in [-0.1, -0.05) is 0 Å². The van der Waals surface area contributed by atoms with Gasteiger partial charge < -0.3 is 5.32 Å². The molecule has 1 aliphatic carbocycles. The zero-order chi connectivity index (χ0) is 12.2. The van der Waals surface area contributed by atoms with E-state index in [9.17, 15) is 8.42 Å². The average molecular weight is 268 g/mol. The summed E-state index contributed by atoms with van der Waals surface area (Å²) in [4.78, 5) is 0. The molecule has 0 atom stereocenters. The maximum atomic E-state index is 11.5. The van der Waals surface area contributed by atoms with Crippen molar-refractivity contribution in [3.63, 3.8) is 0 Å². The van der Waals surface area contributed by atoms with Gasteiger partial charge in [-0.05, 0) is 38.5 Å². The van der Waals surface area contributed by atoms with Crippen LogP contribution in [0, 0.1) is 5.41 Å². The third-order valence-corrected chi connectivity index (χ3v) is 5.76. The van der Waals surface area contributed by atoms with Crippen LogP contribution in [0.1, 0.15) is 33.1 Å². The first-order valence-corrected chi connectivity index (χ1v) is 8.15. The summed E-state index contributed by atoms with van der Waals surface area (Å²) >= 11 is 5.73. The van der Waals surface area contributed by atoms with E-state index in [1.54, 1.807) is 13.8 Å². The second-order valence-electron chi connectivity index (χ2n) is 5.03. The Labute approximate surface area is 104 Å². The molecule has 0 unspecified atom stereocenters. The number of alkyl halides is 1. The number of halogens is 1. The first-order valence-electron chi connectivity index (χ1n) is 5.90. The molecule has 0 aromatic heterocycles.